The highest BCUT2D eigenvalue weighted by Gasteiger charge is 2.10. The first kappa shape index (κ1) is 19.2. The lowest BCUT2D eigenvalue weighted by molar-refractivity contribution is 0.414. The molecule has 0 spiro atoms. The molecule has 0 saturated heterocycles. The summed E-state index contributed by atoms with van der Waals surface area (Å²) in [6, 6.07) is 22.3. The van der Waals surface area contributed by atoms with Crippen molar-refractivity contribution < 1.29 is 4.74 Å². The van der Waals surface area contributed by atoms with E-state index in [9.17, 15) is 0 Å². The molecule has 0 atom stereocenters. The maximum atomic E-state index is 7.61. The minimum absolute atomic E-state index is 0.141. The minimum Gasteiger partial charge on any atom is -0.497 e. The van der Waals surface area contributed by atoms with E-state index < -0.39 is 0 Å². The van der Waals surface area contributed by atoms with Gasteiger partial charge >= 0.3 is 0 Å². The molecule has 0 saturated carbocycles. The second kappa shape index (κ2) is 8.90. The highest BCUT2D eigenvalue weighted by atomic mass is 16.5. The number of hydrogen-bond donors (Lipinski definition) is 3. The normalized spacial score (nSPS) is 11.3. The Morgan fingerprint density at radius 2 is 1.79 bits per heavy atom. The average Bonchev–Trinajstić information content (AvgIpc) is 2.71. The van der Waals surface area contributed by atoms with Gasteiger partial charge in [-0.2, -0.15) is 0 Å². The zero-order valence-electron chi connectivity index (χ0n) is 16.1. The molecule has 28 heavy (non-hydrogen) atoms. The van der Waals surface area contributed by atoms with Crippen LogP contribution in [0.25, 0.3) is 10.8 Å². The van der Waals surface area contributed by atoms with Crippen LogP contribution in [0.3, 0.4) is 0 Å². The van der Waals surface area contributed by atoms with E-state index in [2.05, 4.69) is 40.6 Å². The number of hydrogen-bond acceptors (Lipinski definition) is 3. The van der Waals surface area contributed by atoms with E-state index in [1.54, 1.807) is 7.11 Å². The Bertz CT molecular complexity index is 976. The van der Waals surface area contributed by atoms with Crippen molar-refractivity contribution in [1.29, 1.82) is 5.41 Å². The third kappa shape index (κ3) is 4.79. The second-order valence-corrected chi connectivity index (χ2v) is 6.52. The molecule has 0 aliphatic heterocycles. The number of fused-ring (bicyclic) bond motifs is 1. The molecule has 0 heterocycles. The van der Waals surface area contributed by atoms with Gasteiger partial charge < -0.3 is 15.4 Å². The summed E-state index contributed by atoms with van der Waals surface area (Å²) >= 11 is 0. The number of rotatable bonds is 5. The fraction of sp³-hybridized carbons (Fsp3) is 0.182. The molecule has 6 heteroatoms. The lowest BCUT2D eigenvalue weighted by Gasteiger charge is -2.22. The molecule has 6 nitrogen and oxygen atoms in total. The van der Waals surface area contributed by atoms with Crippen LogP contribution in [0, 0.1) is 5.41 Å². The molecule has 0 fully saturated rings. The summed E-state index contributed by atoms with van der Waals surface area (Å²) in [6.45, 7) is 1.11. The van der Waals surface area contributed by atoms with Crippen LogP contribution in [0.15, 0.2) is 71.7 Å². The molecule has 0 aromatic heterocycles. The maximum Gasteiger partial charge on any atom is 0.201 e. The molecule has 0 aliphatic carbocycles. The van der Waals surface area contributed by atoms with Crippen molar-refractivity contribution in [2.75, 3.05) is 14.2 Å². The van der Waals surface area contributed by atoms with E-state index >= 15 is 0 Å². The van der Waals surface area contributed by atoms with Gasteiger partial charge in [0, 0.05) is 13.6 Å². The SMILES string of the molecule is COc1ccc(CN=C(NC(=N)N)N(C)Cc2cccc3ccccc23)cc1. The molecule has 3 rings (SSSR count). The molecule has 0 aliphatic rings. The lowest BCUT2D eigenvalue weighted by Crippen LogP contribution is -2.44. The molecule has 3 aromatic rings. The summed E-state index contributed by atoms with van der Waals surface area (Å²) in [5.74, 6) is 1.22. The van der Waals surface area contributed by atoms with E-state index in [-0.39, 0.29) is 5.96 Å². The van der Waals surface area contributed by atoms with Crippen LogP contribution in [-0.2, 0) is 13.1 Å². The van der Waals surface area contributed by atoms with Crippen LogP contribution in [0.2, 0.25) is 0 Å². The fourth-order valence-electron chi connectivity index (χ4n) is 3.03. The summed E-state index contributed by atoms with van der Waals surface area (Å²) in [5, 5.41) is 12.9. The third-order valence-corrected chi connectivity index (χ3v) is 4.47. The first-order chi connectivity index (χ1) is 13.6. The van der Waals surface area contributed by atoms with Crippen molar-refractivity contribution in [2.45, 2.75) is 13.1 Å². The summed E-state index contributed by atoms with van der Waals surface area (Å²) in [6.07, 6.45) is 0. The number of ether oxygens (including phenoxy) is 1. The van der Waals surface area contributed by atoms with E-state index in [0.717, 1.165) is 11.3 Å². The zero-order chi connectivity index (χ0) is 19.9. The van der Waals surface area contributed by atoms with Crippen LogP contribution in [-0.4, -0.2) is 31.0 Å². The Hall–Kier alpha value is -3.54. The molecule has 144 valence electrons. The molecule has 0 unspecified atom stereocenters. The van der Waals surface area contributed by atoms with Crippen LogP contribution < -0.4 is 15.8 Å². The van der Waals surface area contributed by atoms with Crippen molar-refractivity contribution in [3.8, 4) is 5.75 Å². The monoisotopic (exact) mass is 375 g/mol. The Kier molecular flexibility index (Phi) is 6.11. The topological polar surface area (TPSA) is 86.7 Å². The van der Waals surface area contributed by atoms with Gasteiger partial charge in [0.2, 0.25) is 5.96 Å². The van der Waals surface area contributed by atoms with Gasteiger partial charge in [-0.3, -0.25) is 10.7 Å². The van der Waals surface area contributed by atoms with Gasteiger partial charge in [0.25, 0.3) is 0 Å². The van der Waals surface area contributed by atoms with Gasteiger partial charge in [0.1, 0.15) is 5.75 Å². The smallest absolute Gasteiger partial charge is 0.201 e. The Morgan fingerprint density at radius 1 is 1.07 bits per heavy atom. The molecule has 3 aromatic carbocycles. The highest BCUT2D eigenvalue weighted by Crippen LogP contribution is 2.20. The predicted molar refractivity (Wildman–Crippen MR) is 115 cm³/mol. The van der Waals surface area contributed by atoms with Gasteiger partial charge in [-0.1, -0.05) is 54.6 Å². The summed E-state index contributed by atoms with van der Waals surface area (Å²) in [4.78, 5) is 6.60. The van der Waals surface area contributed by atoms with Gasteiger partial charge in [0.05, 0.1) is 13.7 Å². The first-order valence-electron chi connectivity index (χ1n) is 9.03. The summed E-state index contributed by atoms with van der Waals surface area (Å²) < 4.78 is 5.19. The number of guanidine groups is 2. The fourth-order valence-corrected chi connectivity index (χ4v) is 3.03. The zero-order valence-corrected chi connectivity index (χ0v) is 16.1. The lowest BCUT2D eigenvalue weighted by atomic mass is 10.0. The molecular weight excluding hydrogens is 350 g/mol. The second-order valence-electron chi connectivity index (χ2n) is 6.52. The number of benzene rings is 3. The quantitative estimate of drug-likeness (QED) is 0.472. The Morgan fingerprint density at radius 3 is 2.50 bits per heavy atom. The number of methoxy groups -OCH3 is 1. The van der Waals surface area contributed by atoms with Crippen LogP contribution in [0.4, 0.5) is 0 Å². The van der Waals surface area contributed by atoms with Crippen molar-refractivity contribution >= 4 is 22.7 Å². The summed E-state index contributed by atoms with van der Waals surface area (Å²) in [5.41, 5.74) is 7.80. The van der Waals surface area contributed by atoms with E-state index in [0.29, 0.717) is 19.0 Å². The number of nitrogens with zero attached hydrogens (tertiary/aromatic N) is 2. The molecule has 0 amide bonds. The van der Waals surface area contributed by atoms with Crippen LogP contribution in [0.5, 0.6) is 5.75 Å². The molecule has 0 radical (unpaired) electrons. The first-order valence-corrected chi connectivity index (χ1v) is 9.03. The van der Waals surface area contributed by atoms with Gasteiger partial charge in [0.15, 0.2) is 5.96 Å². The number of nitrogens with one attached hydrogen (secondary N) is 2. The van der Waals surface area contributed by atoms with E-state index in [4.69, 9.17) is 15.9 Å². The Labute approximate surface area is 165 Å². The van der Waals surface area contributed by atoms with Crippen LogP contribution >= 0.6 is 0 Å². The largest absolute Gasteiger partial charge is 0.497 e. The molecule has 4 N–H and O–H groups in total. The molecular formula is C22H25N5O. The van der Waals surface area contributed by atoms with Gasteiger partial charge in [-0.25, -0.2) is 4.99 Å². The predicted octanol–water partition coefficient (Wildman–Crippen LogP) is 3.32. The van der Waals surface area contributed by atoms with Crippen LogP contribution in [0.1, 0.15) is 11.1 Å². The van der Waals surface area contributed by atoms with Crippen molar-refractivity contribution in [2.24, 2.45) is 10.7 Å². The standard InChI is InChI=1S/C22H25N5O/c1-27(15-18-8-5-7-17-6-3-4-9-20(17)18)22(26-21(23)24)25-14-16-10-12-19(28-2)13-11-16/h3-13H,14-15H2,1-2H3,(H4,23,24,25,26). The number of nitrogens with two attached hydrogens (primary N) is 1. The Balaban J connectivity index is 1.80. The van der Waals surface area contributed by atoms with Crippen molar-refractivity contribution in [3.63, 3.8) is 0 Å². The molecule has 0 bridgehead atoms. The van der Waals surface area contributed by atoms with Gasteiger partial charge in [-0.05, 0) is 34.0 Å². The minimum atomic E-state index is -0.141. The maximum absolute atomic E-state index is 7.61. The third-order valence-electron chi connectivity index (χ3n) is 4.47. The van der Waals surface area contributed by atoms with Crippen molar-refractivity contribution in [3.05, 3.63) is 77.9 Å². The average molecular weight is 375 g/mol. The van der Waals surface area contributed by atoms with E-state index in [1.807, 2.05) is 48.3 Å². The summed E-state index contributed by atoms with van der Waals surface area (Å²) in [7, 11) is 3.58. The van der Waals surface area contributed by atoms with E-state index in [1.165, 1.54) is 16.3 Å². The van der Waals surface area contributed by atoms with Gasteiger partial charge in [-0.15, -0.1) is 0 Å². The highest BCUT2D eigenvalue weighted by molar-refractivity contribution is 5.96. The number of aliphatic imine (C=N–C) groups is 1. The van der Waals surface area contributed by atoms with Crippen molar-refractivity contribution in [1.82, 2.24) is 10.2 Å².